The molecule has 0 bridgehead atoms. The van der Waals surface area contributed by atoms with Gasteiger partial charge in [0.15, 0.2) is 4.67 Å². The summed E-state index contributed by atoms with van der Waals surface area (Å²) in [6.07, 6.45) is 1.93. The van der Waals surface area contributed by atoms with Gasteiger partial charge in [0.2, 0.25) is 0 Å². The maximum Gasteiger partial charge on any atom is 0.169 e. The minimum absolute atomic E-state index is 0.710. The zero-order valence-electron chi connectivity index (χ0n) is 8.40. The number of hydrogen-bond donors (Lipinski definition) is 1. The summed E-state index contributed by atoms with van der Waals surface area (Å²) in [4.78, 5) is 0. The number of nitrogens with one attached hydrogen (secondary N) is 1. The summed E-state index contributed by atoms with van der Waals surface area (Å²) in [5, 5.41) is 7.52. The second-order valence-corrected chi connectivity index (χ2v) is 4.07. The van der Waals surface area contributed by atoms with E-state index in [2.05, 4.69) is 26.3 Å². The second kappa shape index (κ2) is 4.63. The van der Waals surface area contributed by atoms with Crippen molar-refractivity contribution in [3.63, 3.8) is 0 Å². The highest BCUT2D eigenvalue weighted by Gasteiger charge is 2.00. The first-order valence-electron chi connectivity index (χ1n) is 4.67. The maximum atomic E-state index is 5.36. The van der Waals surface area contributed by atoms with Crippen LogP contribution >= 0.6 is 15.9 Å². The lowest BCUT2D eigenvalue weighted by molar-refractivity contribution is 0.464. The Balaban J connectivity index is 1.80. The van der Waals surface area contributed by atoms with Crippen molar-refractivity contribution in [1.82, 2.24) is 15.1 Å². The summed E-state index contributed by atoms with van der Waals surface area (Å²) in [6.45, 7) is 1.46. The molecule has 2 aromatic heterocycles. The summed E-state index contributed by atoms with van der Waals surface area (Å²) in [5.41, 5.74) is 1.03. The second-order valence-electron chi connectivity index (χ2n) is 3.29. The van der Waals surface area contributed by atoms with Gasteiger partial charge in [0, 0.05) is 19.8 Å². The van der Waals surface area contributed by atoms with E-state index < -0.39 is 0 Å². The summed E-state index contributed by atoms with van der Waals surface area (Å²) >= 11 is 3.26. The van der Waals surface area contributed by atoms with E-state index in [0.29, 0.717) is 6.54 Å². The Morgan fingerprint density at radius 2 is 2.27 bits per heavy atom. The van der Waals surface area contributed by atoms with E-state index in [1.54, 1.807) is 4.68 Å². The smallest absolute Gasteiger partial charge is 0.169 e. The molecule has 0 aliphatic heterocycles. The zero-order chi connectivity index (χ0) is 10.7. The van der Waals surface area contributed by atoms with Gasteiger partial charge in [-0.2, -0.15) is 5.10 Å². The van der Waals surface area contributed by atoms with Crippen LogP contribution in [0.2, 0.25) is 0 Å². The number of aryl methyl sites for hydroxylation is 1. The summed E-state index contributed by atoms with van der Waals surface area (Å²) < 4.78 is 7.91. The molecule has 0 atom stereocenters. The maximum absolute atomic E-state index is 5.36. The third kappa shape index (κ3) is 2.94. The lowest BCUT2D eigenvalue weighted by Gasteiger charge is -1.99. The van der Waals surface area contributed by atoms with Crippen molar-refractivity contribution >= 4 is 15.9 Å². The van der Waals surface area contributed by atoms with Gasteiger partial charge in [-0.1, -0.05) is 0 Å². The Kier molecular flexibility index (Phi) is 3.23. The van der Waals surface area contributed by atoms with Gasteiger partial charge in [-0.15, -0.1) is 0 Å². The number of hydrogen-bond acceptors (Lipinski definition) is 3. The molecule has 0 amide bonds. The van der Waals surface area contributed by atoms with E-state index in [1.165, 1.54) is 0 Å². The lowest BCUT2D eigenvalue weighted by atomic mass is 10.4. The summed E-state index contributed by atoms with van der Waals surface area (Å²) in [7, 11) is 1.91. The Morgan fingerprint density at radius 1 is 1.40 bits per heavy atom. The monoisotopic (exact) mass is 269 g/mol. The van der Waals surface area contributed by atoms with Gasteiger partial charge in [-0.25, -0.2) is 0 Å². The minimum Gasteiger partial charge on any atom is -0.453 e. The number of nitrogens with zero attached hydrogens (tertiary/aromatic N) is 2. The van der Waals surface area contributed by atoms with Crippen LogP contribution in [-0.2, 0) is 20.1 Å². The Hall–Kier alpha value is -1.07. The quantitative estimate of drug-likeness (QED) is 0.924. The SMILES string of the molecule is Cn1ccc(CNCc2ccc(Br)o2)n1. The zero-order valence-corrected chi connectivity index (χ0v) is 9.99. The molecule has 0 saturated carbocycles. The molecular weight excluding hydrogens is 258 g/mol. The van der Waals surface area contributed by atoms with Gasteiger partial charge < -0.3 is 9.73 Å². The molecule has 0 aromatic carbocycles. The molecule has 5 heteroatoms. The van der Waals surface area contributed by atoms with Gasteiger partial charge in [-0.05, 0) is 34.1 Å². The number of halogens is 1. The van der Waals surface area contributed by atoms with Crippen molar-refractivity contribution in [1.29, 1.82) is 0 Å². The first-order chi connectivity index (χ1) is 7.24. The highest BCUT2D eigenvalue weighted by molar-refractivity contribution is 9.10. The van der Waals surface area contributed by atoms with Crippen LogP contribution in [0.5, 0.6) is 0 Å². The van der Waals surface area contributed by atoms with Gasteiger partial charge in [0.25, 0.3) is 0 Å². The highest BCUT2D eigenvalue weighted by Crippen LogP contribution is 2.13. The van der Waals surface area contributed by atoms with Crippen molar-refractivity contribution in [3.05, 3.63) is 40.5 Å². The molecule has 0 radical (unpaired) electrons. The average Bonchev–Trinajstić information content (AvgIpc) is 2.76. The summed E-state index contributed by atoms with van der Waals surface area (Å²) in [5.74, 6) is 0.915. The first-order valence-corrected chi connectivity index (χ1v) is 5.47. The van der Waals surface area contributed by atoms with Crippen LogP contribution in [0.15, 0.2) is 33.5 Å². The Labute approximate surface area is 96.4 Å². The van der Waals surface area contributed by atoms with Crippen molar-refractivity contribution < 1.29 is 4.42 Å². The molecule has 15 heavy (non-hydrogen) atoms. The molecule has 2 heterocycles. The predicted octanol–water partition coefficient (Wildman–Crippen LogP) is 2.07. The molecule has 80 valence electrons. The van der Waals surface area contributed by atoms with Crippen LogP contribution in [0.1, 0.15) is 11.5 Å². The van der Waals surface area contributed by atoms with E-state index in [0.717, 1.165) is 22.7 Å². The molecule has 2 aromatic rings. The van der Waals surface area contributed by atoms with E-state index in [4.69, 9.17) is 4.42 Å². The number of rotatable bonds is 4. The number of furan rings is 1. The van der Waals surface area contributed by atoms with Crippen LogP contribution in [0.4, 0.5) is 0 Å². The average molecular weight is 270 g/mol. The molecule has 0 unspecified atom stereocenters. The van der Waals surface area contributed by atoms with E-state index in [9.17, 15) is 0 Å². The first kappa shape index (κ1) is 10.4. The molecule has 0 aliphatic rings. The fraction of sp³-hybridized carbons (Fsp3) is 0.300. The van der Waals surface area contributed by atoms with E-state index >= 15 is 0 Å². The van der Waals surface area contributed by atoms with Gasteiger partial charge >= 0.3 is 0 Å². The van der Waals surface area contributed by atoms with Gasteiger partial charge in [0.1, 0.15) is 5.76 Å². The molecule has 0 saturated heterocycles. The van der Waals surface area contributed by atoms with E-state index in [1.807, 2.05) is 31.4 Å². The number of aromatic nitrogens is 2. The van der Waals surface area contributed by atoms with Gasteiger partial charge in [-0.3, -0.25) is 4.68 Å². The lowest BCUT2D eigenvalue weighted by Crippen LogP contribution is -2.12. The minimum atomic E-state index is 0.710. The van der Waals surface area contributed by atoms with Crippen molar-refractivity contribution in [3.8, 4) is 0 Å². The largest absolute Gasteiger partial charge is 0.453 e. The fourth-order valence-corrected chi connectivity index (χ4v) is 1.66. The molecule has 0 fully saturated rings. The highest BCUT2D eigenvalue weighted by atomic mass is 79.9. The van der Waals surface area contributed by atoms with Crippen LogP contribution in [-0.4, -0.2) is 9.78 Å². The molecular formula is C10H12BrN3O. The Bertz CT molecular complexity index is 395. The van der Waals surface area contributed by atoms with E-state index in [-0.39, 0.29) is 0 Å². The van der Waals surface area contributed by atoms with Crippen molar-refractivity contribution in [2.75, 3.05) is 0 Å². The van der Waals surface area contributed by atoms with Crippen LogP contribution in [0.25, 0.3) is 0 Å². The predicted molar refractivity (Wildman–Crippen MR) is 60.2 cm³/mol. The van der Waals surface area contributed by atoms with Gasteiger partial charge in [0.05, 0.1) is 12.2 Å². The standard InChI is InChI=1S/C10H12BrN3O/c1-14-5-4-8(13-14)6-12-7-9-2-3-10(11)15-9/h2-5,12H,6-7H2,1H3. The molecule has 0 aliphatic carbocycles. The molecule has 1 N–H and O–H groups in total. The fourth-order valence-electron chi connectivity index (χ4n) is 1.32. The van der Waals surface area contributed by atoms with Crippen LogP contribution in [0.3, 0.4) is 0 Å². The Morgan fingerprint density at radius 3 is 2.87 bits per heavy atom. The topological polar surface area (TPSA) is 43.0 Å². The van der Waals surface area contributed by atoms with Crippen LogP contribution < -0.4 is 5.32 Å². The van der Waals surface area contributed by atoms with Crippen LogP contribution in [0, 0.1) is 0 Å². The molecule has 4 nitrogen and oxygen atoms in total. The molecule has 2 rings (SSSR count). The summed E-state index contributed by atoms with van der Waals surface area (Å²) in [6, 6.07) is 5.82. The third-order valence-electron chi connectivity index (χ3n) is 2.00. The third-order valence-corrected chi connectivity index (χ3v) is 2.43. The van der Waals surface area contributed by atoms with Crippen molar-refractivity contribution in [2.24, 2.45) is 7.05 Å². The molecule has 0 spiro atoms. The van der Waals surface area contributed by atoms with Crippen molar-refractivity contribution in [2.45, 2.75) is 13.1 Å². The normalized spacial score (nSPS) is 10.8.